The van der Waals surface area contributed by atoms with Gasteiger partial charge in [0.2, 0.25) is 0 Å². The molecule has 0 aromatic rings. The van der Waals surface area contributed by atoms with Crippen LogP contribution >= 0.6 is 0 Å². The van der Waals surface area contributed by atoms with Gasteiger partial charge in [-0.15, -0.1) is 0 Å². The van der Waals surface area contributed by atoms with E-state index in [-0.39, 0.29) is 5.41 Å². The first-order chi connectivity index (χ1) is 7.06. The predicted octanol–water partition coefficient (Wildman–Crippen LogP) is 5.61. The van der Waals surface area contributed by atoms with Crippen LogP contribution in [0.4, 0.5) is 4.39 Å². The molecule has 16 heavy (non-hydrogen) atoms. The van der Waals surface area contributed by atoms with Crippen molar-refractivity contribution in [2.75, 3.05) is 0 Å². The molecule has 0 radical (unpaired) electrons. The minimum atomic E-state index is -0.632. The molecule has 0 spiro atoms. The first-order valence-corrected chi connectivity index (χ1v) is 6.70. The average Bonchev–Trinajstić information content (AvgIpc) is 1.97. The number of halogens is 1. The Balaban J connectivity index is 4.14. The molecular weight excluding hydrogens is 199 g/mol. The minimum Gasteiger partial charge on any atom is -0.247 e. The Labute approximate surface area is 102 Å². The molecule has 0 bridgehead atoms. The molecule has 0 aliphatic rings. The lowest BCUT2D eigenvalue weighted by molar-refractivity contribution is 0.133. The zero-order valence-electron chi connectivity index (χ0n) is 12.4. The maximum Gasteiger partial charge on any atom is 0.101 e. The molecule has 0 N–H and O–H groups in total. The summed E-state index contributed by atoms with van der Waals surface area (Å²) < 4.78 is 13.9. The van der Waals surface area contributed by atoms with Gasteiger partial charge in [0, 0.05) is 0 Å². The first-order valence-electron chi connectivity index (χ1n) is 6.70. The van der Waals surface area contributed by atoms with E-state index in [2.05, 4.69) is 48.5 Å². The average molecular weight is 230 g/mol. The van der Waals surface area contributed by atoms with Crippen molar-refractivity contribution >= 4 is 0 Å². The van der Waals surface area contributed by atoms with Gasteiger partial charge in [-0.3, -0.25) is 0 Å². The van der Waals surface area contributed by atoms with Crippen molar-refractivity contribution in [1.82, 2.24) is 0 Å². The van der Waals surface area contributed by atoms with E-state index in [9.17, 15) is 4.39 Å². The maximum atomic E-state index is 13.9. The smallest absolute Gasteiger partial charge is 0.101 e. The normalized spacial score (nSPS) is 17.2. The molecule has 0 nitrogen and oxygen atoms in total. The molecule has 98 valence electrons. The van der Waals surface area contributed by atoms with Crippen LogP contribution in [0, 0.1) is 16.7 Å². The van der Waals surface area contributed by atoms with Gasteiger partial charge in [-0.2, -0.15) is 0 Å². The molecule has 1 heteroatoms. The van der Waals surface area contributed by atoms with E-state index in [1.54, 1.807) is 0 Å². The van der Waals surface area contributed by atoms with E-state index in [0.29, 0.717) is 17.8 Å². The third-order valence-electron chi connectivity index (χ3n) is 3.14. The Morgan fingerprint density at radius 1 is 1.06 bits per heavy atom. The second-order valence-electron chi connectivity index (χ2n) is 7.45. The molecule has 0 heterocycles. The molecule has 0 aromatic carbocycles. The molecule has 0 aliphatic carbocycles. The lowest BCUT2D eigenvalue weighted by Gasteiger charge is -2.33. The van der Waals surface area contributed by atoms with E-state index < -0.39 is 6.17 Å². The van der Waals surface area contributed by atoms with Crippen molar-refractivity contribution < 1.29 is 4.39 Å². The predicted molar refractivity (Wildman–Crippen MR) is 71.4 cm³/mol. The van der Waals surface area contributed by atoms with Gasteiger partial charge in [0.1, 0.15) is 6.17 Å². The fraction of sp³-hybridized carbons (Fsp3) is 1.00. The summed E-state index contributed by atoms with van der Waals surface area (Å²) in [6.45, 7) is 15.4. The molecule has 0 saturated carbocycles. The SMILES string of the molecule is CCC(C)CC(F)CC(C)(C)CC(C)(C)C. The molecule has 2 atom stereocenters. The maximum absolute atomic E-state index is 13.9. The molecule has 0 fully saturated rings. The van der Waals surface area contributed by atoms with Gasteiger partial charge < -0.3 is 0 Å². The lowest BCUT2D eigenvalue weighted by Crippen LogP contribution is -2.25. The monoisotopic (exact) mass is 230 g/mol. The van der Waals surface area contributed by atoms with Crippen LogP contribution in [0.5, 0.6) is 0 Å². The van der Waals surface area contributed by atoms with Crippen LogP contribution in [-0.2, 0) is 0 Å². The number of rotatable bonds is 6. The lowest BCUT2D eigenvalue weighted by atomic mass is 9.73. The zero-order valence-corrected chi connectivity index (χ0v) is 12.4. The highest BCUT2D eigenvalue weighted by Gasteiger charge is 2.28. The molecule has 0 rings (SSSR count). The fourth-order valence-corrected chi connectivity index (χ4v) is 2.79. The van der Waals surface area contributed by atoms with Gasteiger partial charge in [0.15, 0.2) is 0 Å². The van der Waals surface area contributed by atoms with Gasteiger partial charge in [0.05, 0.1) is 0 Å². The molecule has 0 aliphatic heterocycles. The van der Waals surface area contributed by atoms with Gasteiger partial charge in [-0.25, -0.2) is 4.39 Å². The number of hydrogen-bond acceptors (Lipinski definition) is 0. The number of alkyl halides is 1. The third-order valence-corrected chi connectivity index (χ3v) is 3.14. The third kappa shape index (κ3) is 8.13. The molecule has 0 amide bonds. The van der Waals surface area contributed by atoms with Gasteiger partial charge in [-0.05, 0) is 36.0 Å². The molecule has 0 saturated heterocycles. The summed E-state index contributed by atoms with van der Waals surface area (Å²) in [5.74, 6) is 0.514. The topological polar surface area (TPSA) is 0 Å². The first kappa shape index (κ1) is 15.9. The summed E-state index contributed by atoms with van der Waals surface area (Å²) in [7, 11) is 0. The summed E-state index contributed by atoms with van der Waals surface area (Å²) in [6.07, 6.45) is 2.96. The van der Waals surface area contributed by atoms with E-state index in [4.69, 9.17) is 0 Å². The van der Waals surface area contributed by atoms with E-state index >= 15 is 0 Å². The number of hydrogen-bond donors (Lipinski definition) is 0. The summed E-state index contributed by atoms with van der Waals surface area (Å²) in [6, 6.07) is 0. The van der Waals surface area contributed by atoms with E-state index in [1.165, 1.54) is 0 Å². The van der Waals surface area contributed by atoms with Crippen LogP contribution in [0.1, 0.15) is 74.1 Å². The zero-order chi connectivity index (χ0) is 13.0. The van der Waals surface area contributed by atoms with Crippen LogP contribution in [0.15, 0.2) is 0 Å². The molecule has 0 aromatic heterocycles. The Morgan fingerprint density at radius 3 is 1.94 bits per heavy atom. The van der Waals surface area contributed by atoms with Crippen molar-refractivity contribution in [3.63, 3.8) is 0 Å². The second kappa shape index (κ2) is 6.02. The fourth-order valence-electron chi connectivity index (χ4n) is 2.79. The highest BCUT2D eigenvalue weighted by atomic mass is 19.1. The summed E-state index contributed by atoms with van der Waals surface area (Å²) >= 11 is 0. The summed E-state index contributed by atoms with van der Waals surface area (Å²) in [5, 5.41) is 0. The van der Waals surface area contributed by atoms with Gasteiger partial charge in [0.25, 0.3) is 0 Å². The van der Waals surface area contributed by atoms with Crippen molar-refractivity contribution in [3.8, 4) is 0 Å². The van der Waals surface area contributed by atoms with Crippen molar-refractivity contribution in [3.05, 3.63) is 0 Å². The van der Waals surface area contributed by atoms with Crippen LogP contribution in [0.3, 0.4) is 0 Å². The van der Waals surface area contributed by atoms with Crippen LogP contribution in [0.2, 0.25) is 0 Å². The Hall–Kier alpha value is -0.0700. The quantitative estimate of drug-likeness (QED) is 0.556. The van der Waals surface area contributed by atoms with Gasteiger partial charge >= 0.3 is 0 Å². The Bertz CT molecular complexity index is 188. The standard InChI is InChI=1S/C15H31F/c1-8-12(2)9-13(16)10-15(6,7)11-14(3,4)5/h12-13H,8-11H2,1-7H3. The van der Waals surface area contributed by atoms with Crippen LogP contribution in [-0.4, -0.2) is 6.17 Å². The largest absolute Gasteiger partial charge is 0.247 e. The Morgan fingerprint density at radius 2 is 1.56 bits per heavy atom. The molecular formula is C15H31F. The second-order valence-corrected chi connectivity index (χ2v) is 7.45. The van der Waals surface area contributed by atoms with Crippen molar-refractivity contribution in [2.24, 2.45) is 16.7 Å². The Kier molecular flexibility index (Phi) is 6.00. The van der Waals surface area contributed by atoms with E-state index in [1.807, 2.05) is 0 Å². The van der Waals surface area contributed by atoms with Crippen LogP contribution < -0.4 is 0 Å². The summed E-state index contributed by atoms with van der Waals surface area (Å²) in [4.78, 5) is 0. The summed E-state index contributed by atoms with van der Waals surface area (Å²) in [5.41, 5.74) is 0.407. The van der Waals surface area contributed by atoms with Crippen molar-refractivity contribution in [2.45, 2.75) is 80.3 Å². The van der Waals surface area contributed by atoms with Gasteiger partial charge in [-0.1, -0.05) is 54.9 Å². The van der Waals surface area contributed by atoms with Crippen LogP contribution in [0.25, 0.3) is 0 Å². The van der Waals surface area contributed by atoms with Crippen molar-refractivity contribution in [1.29, 1.82) is 0 Å². The van der Waals surface area contributed by atoms with E-state index in [0.717, 1.165) is 19.3 Å². The highest BCUT2D eigenvalue weighted by molar-refractivity contribution is 4.79. The highest BCUT2D eigenvalue weighted by Crippen LogP contribution is 2.38. The minimum absolute atomic E-state index is 0.116. The molecule has 2 unspecified atom stereocenters.